The zero-order chi connectivity index (χ0) is 27.9. The van der Waals surface area contributed by atoms with E-state index in [1.54, 1.807) is 11.8 Å². The predicted octanol–water partition coefficient (Wildman–Crippen LogP) is 5.07. The van der Waals surface area contributed by atoms with Crippen LogP contribution in [0, 0.1) is 5.41 Å². The SMILES string of the molecule is CCCC[C@@H](C(=O)C(=O)NC(C)c1ccccc1)N(C(=O)O)C1CC(C)(C)CN1C(=O)NC1CCCCC1. The fourth-order valence-corrected chi connectivity index (χ4v) is 5.70. The van der Waals surface area contributed by atoms with Crippen molar-refractivity contribution < 1.29 is 24.3 Å². The van der Waals surface area contributed by atoms with Crippen LogP contribution in [0.2, 0.25) is 0 Å². The topological polar surface area (TPSA) is 119 Å². The molecule has 2 fully saturated rings. The highest BCUT2D eigenvalue weighted by Gasteiger charge is 2.48. The lowest BCUT2D eigenvalue weighted by Crippen LogP contribution is -2.59. The van der Waals surface area contributed by atoms with Crippen molar-refractivity contribution in [2.75, 3.05) is 6.54 Å². The fourth-order valence-electron chi connectivity index (χ4n) is 5.70. The number of likely N-dealkylation sites (tertiary alicyclic amines) is 1. The van der Waals surface area contributed by atoms with Crippen molar-refractivity contribution in [3.8, 4) is 0 Å². The number of nitrogens with zero attached hydrogens (tertiary/aromatic N) is 2. The molecule has 0 spiro atoms. The molecule has 1 aromatic rings. The smallest absolute Gasteiger partial charge is 0.409 e. The number of hydrogen-bond donors (Lipinski definition) is 3. The van der Waals surface area contributed by atoms with E-state index in [1.165, 1.54) is 0 Å². The third-order valence-corrected chi connectivity index (χ3v) is 7.77. The van der Waals surface area contributed by atoms with Gasteiger partial charge < -0.3 is 20.6 Å². The van der Waals surface area contributed by atoms with Gasteiger partial charge in [0, 0.05) is 12.6 Å². The number of nitrogens with one attached hydrogen (secondary N) is 2. The summed E-state index contributed by atoms with van der Waals surface area (Å²) in [6.07, 6.45) is 4.87. The van der Waals surface area contributed by atoms with Crippen LogP contribution in [0.15, 0.2) is 30.3 Å². The van der Waals surface area contributed by atoms with E-state index >= 15 is 0 Å². The molecule has 210 valence electrons. The summed E-state index contributed by atoms with van der Waals surface area (Å²) < 4.78 is 0. The second-order valence-corrected chi connectivity index (χ2v) is 11.6. The quantitative estimate of drug-likeness (QED) is 0.366. The first kappa shape index (κ1) is 29.5. The Kier molecular flexibility index (Phi) is 10.2. The largest absolute Gasteiger partial charge is 0.465 e. The first-order valence-corrected chi connectivity index (χ1v) is 14.0. The number of hydrogen-bond acceptors (Lipinski definition) is 4. The molecule has 9 nitrogen and oxygen atoms in total. The number of amides is 4. The van der Waals surface area contributed by atoms with Crippen LogP contribution >= 0.6 is 0 Å². The molecule has 3 atom stereocenters. The van der Waals surface area contributed by atoms with Crippen molar-refractivity contribution in [1.82, 2.24) is 20.4 Å². The van der Waals surface area contributed by atoms with Gasteiger partial charge >= 0.3 is 12.1 Å². The summed E-state index contributed by atoms with van der Waals surface area (Å²) in [5.41, 5.74) is 0.502. The Morgan fingerprint density at radius 2 is 1.76 bits per heavy atom. The molecule has 38 heavy (non-hydrogen) atoms. The Morgan fingerprint density at radius 1 is 1.11 bits per heavy atom. The average molecular weight is 529 g/mol. The van der Waals surface area contributed by atoms with Crippen LogP contribution in [0.5, 0.6) is 0 Å². The minimum absolute atomic E-state index is 0.0710. The van der Waals surface area contributed by atoms with E-state index in [-0.39, 0.29) is 23.9 Å². The average Bonchev–Trinajstić information content (AvgIpc) is 3.21. The van der Waals surface area contributed by atoms with E-state index in [4.69, 9.17) is 0 Å². The van der Waals surface area contributed by atoms with Gasteiger partial charge in [-0.25, -0.2) is 9.59 Å². The van der Waals surface area contributed by atoms with E-state index in [2.05, 4.69) is 10.6 Å². The molecular weight excluding hydrogens is 484 g/mol. The minimum Gasteiger partial charge on any atom is -0.465 e. The monoisotopic (exact) mass is 528 g/mol. The van der Waals surface area contributed by atoms with Crippen LogP contribution in [-0.4, -0.2) is 63.5 Å². The van der Waals surface area contributed by atoms with E-state index < -0.39 is 36.0 Å². The highest BCUT2D eigenvalue weighted by Crippen LogP contribution is 2.37. The molecule has 9 heteroatoms. The third kappa shape index (κ3) is 7.48. The number of carbonyl (C=O) groups is 4. The molecular formula is C29H44N4O5. The Morgan fingerprint density at radius 3 is 2.37 bits per heavy atom. The zero-order valence-corrected chi connectivity index (χ0v) is 23.2. The third-order valence-electron chi connectivity index (χ3n) is 7.77. The van der Waals surface area contributed by atoms with Gasteiger partial charge in [0.2, 0.25) is 5.78 Å². The molecule has 1 aliphatic heterocycles. The van der Waals surface area contributed by atoms with Gasteiger partial charge in [-0.15, -0.1) is 0 Å². The van der Waals surface area contributed by atoms with Crippen molar-refractivity contribution in [1.29, 1.82) is 0 Å². The number of unbranched alkanes of at least 4 members (excludes halogenated alkanes) is 1. The zero-order valence-electron chi connectivity index (χ0n) is 23.2. The van der Waals surface area contributed by atoms with Gasteiger partial charge in [0.1, 0.15) is 12.2 Å². The highest BCUT2D eigenvalue weighted by molar-refractivity contribution is 6.38. The Hall–Kier alpha value is -3.10. The maximum absolute atomic E-state index is 13.5. The maximum atomic E-state index is 13.5. The Bertz CT molecular complexity index is 976. The highest BCUT2D eigenvalue weighted by atomic mass is 16.4. The van der Waals surface area contributed by atoms with Crippen LogP contribution in [0.4, 0.5) is 9.59 Å². The fraction of sp³-hybridized carbons (Fsp3) is 0.655. The minimum atomic E-state index is -1.30. The van der Waals surface area contributed by atoms with Gasteiger partial charge in [0.05, 0.1) is 6.04 Å². The van der Waals surface area contributed by atoms with Crippen LogP contribution in [0.3, 0.4) is 0 Å². The van der Waals surface area contributed by atoms with Crippen molar-refractivity contribution in [2.24, 2.45) is 5.41 Å². The van der Waals surface area contributed by atoms with Gasteiger partial charge in [-0.2, -0.15) is 0 Å². The van der Waals surface area contributed by atoms with E-state index in [1.807, 2.05) is 51.1 Å². The lowest BCUT2D eigenvalue weighted by molar-refractivity contribution is -0.142. The molecule has 0 aromatic heterocycles. The van der Waals surface area contributed by atoms with Crippen LogP contribution < -0.4 is 10.6 Å². The second-order valence-electron chi connectivity index (χ2n) is 11.6. The number of urea groups is 1. The summed E-state index contributed by atoms with van der Waals surface area (Å²) in [6.45, 7) is 8.09. The number of Topliss-reactive ketones (excluding diaryl/α,β-unsaturated/α-hetero) is 1. The molecule has 2 aliphatic rings. The number of rotatable bonds is 10. The molecule has 1 saturated heterocycles. The number of carboxylic acid groups (broad SMARTS) is 1. The van der Waals surface area contributed by atoms with Gasteiger partial charge in [-0.3, -0.25) is 14.5 Å². The van der Waals surface area contributed by atoms with Crippen LogP contribution in [0.25, 0.3) is 0 Å². The van der Waals surface area contributed by atoms with Gasteiger partial charge in [-0.05, 0) is 43.6 Å². The van der Waals surface area contributed by atoms with Gasteiger partial charge in [0.15, 0.2) is 0 Å². The first-order valence-electron chi connectivity index (χ1n) is 14.0. The molecule has 3 N–H and O–H groups in total. The Labute approximate surface area is 226 Å². The molecule has 0 radical (unpaired) electrons. The molecule has 1 aliphatic carbocycles. The predicted molar refractivity (Wildman–Crippen MR) is 145 cm³/mol. The molecule has 1 aromatic carbocycles. The van der Waals surface area contributed by atoms with Crippen molar-refractivity contribution in [2.45, 2.75) is 110 Å². The van der Waals surface area contributed by atoms with Gasteiger partial charge in [0.25, 0.3) is 5.91 Å². The van der Waals surface area contributed by atoms with Gasteiger partial charge in [-0.1, -0.05) is 83.2 Å². The summed E-state index contributed by atoms with van der Waals surface area (Å²) in [6, 6.07) is 7.46. The lowest BCUT2D eigenvalue weighted by Gasteiger charge is -2.38. The summed E-state index contributed by atoms with van der Waals surface area (Å²) >= 11 is 0. The molecule has 1 saturated carbocycles. The standard InChI is InChI=1S/C29H44N4O5/c1-5-6-17-23(25(34)26(35)30-20(2)21-13-9-7-10-14-21)33(28(37)38)24-18-29(3,4)19-32(24)27(36)31-22-15-11-8-12-16-22/h7,9-10,13-14,20,22-24H,5-6,8,11-12,15-19H2,1-4H3,(H,30,35)(H,31,36)(H,37,38)/t20?,23-,24?/m0/s1. The van der Waals surface area contributed by atoms with E-state index in [0.29, 0.717) is 19.4 Å². The molecule has 2 unspecified atom stereocenters. The van der Waals surface area contributed by atoms with E-state index in [9.17, 15) is 24.3 Å². The summed E-state index contributed by atoms with van der Waals surface area (Å²) in [4.78, 5) is 55.4. The van der Waals surface area contributed by atoms with Crippen molar-refractivity contribution >= 4 is 23.8 Å². The summed E-state index contributed by atoms with van der Waals surface area (Å²) in [5, 5.41) is 16.2. The first-order chi connectivity index (χ1) is 18.0. The molecule has 4 amide bonds. The van der Waals surface area contributed by atoms with Crippen molar-refractivity contribution in [3.63, 3.8) is 0 Å². The maximum Gasteiger partial charge on any atom is 0.409 e. The number of carbonyl (C=O) groups excluding carboxylic acids is 3. The van der Waals surface area contributed by atoms with Crippen LogP contribution in [0.1, 0.15) is 97.1 Å². The number of benzene rings is 1. The summed E-state index contributed by atoms with van der Waals surface area (Å²) in [7, 11) is 0. The second kappa shape index (κ2) is 13.1. The lowest BCUT2D eigenvalue weighted by atomic mass is 9.91. The van der Waals surface area contributed by atoms with Crippen LogP contribution in [-0.2, 0) is 9.59 Å². The molecule has 3 rings (SSSR count). The summed E-state index contributed by atoms with van der Waals surface area (Å²) in [5.74, 6) is -1.61. The normalized spacial score (nSPS) is 20.8. The molecule has 0 bridgehead atoms. The van der Waals surface area contributed by atoms with Crippen molar-refractivity contribution in [3.05, 3.63) is 35.9 Å². The molecule has 1 heterocycles. The number of ketones is 1. The van der Waals surface area contributed by atoms with E-state index in [0.717, 1.165) is 49.0 Å². The Balaban J connectivity index is 1.84.